The van der Waals surface area contributed by atoms with Gasteiger partial charge in [0.25, 0.3) is 5.91 Å². The van der Waals surface area contributed by atoms with Gasteiger partial charge in [-0.15, -0.1) is 0 Å². The average Bonchev–Trinajstić information content (AvgIpc) is 3.22. The second-order valence-corrected chi connectivity index (χ2v) is 7.92. The van der Waals surface area contributed by atoms with Crippen molar-refractivity contribution >= 4 is 17.7 Å². The zero-order chi connectivity index (χ0) is 22.7. The third kappa shape index (κ3) is 4.13. The highest BCUT2D eigenvalue weighted by Gasteiger charge is 2.29. The number of hydrogen-bond donors (Lipinski definition) is 1. The number of esters is 1. The fraction of sp³-hybridized carbons (Fsp3) is 0.333. The average molecular weight is 434 g/mol. The Labute approximate surface area is 187 Å². The van der Waals surface area contributed by atoms with E-state index in [1.54, 1.807) is 31.6 Å². The lowest BCUT2D eigenvalue weighted by Crippen LogP contribution is -2.49. The summed E-state index contributed by atoms with van der Waals surface area (Å²) in [5.41, 5.74) is 3.34. The van der Waals surface area contributed by atoms with Gasteiger partial charge < -0.3 is 10.1 Å². The first-order chi connectivity index (χ1) is 15.5. The van der Waals surface area contributed by atoms with Crippen molar-refractivity contribution in [3.63, 3.8) is 0 Å². The lowest BCUT2D eigenvalue weighted by molar-refractivity contribution is 0.0589. The molecule has 0 radical (unpaired) electrons. The number of nitrogens with zero attached hydrogens (tertiary/aromatic N) is 4. The summed E-state index contributed by atoms with van der Waals surface area (Å²) >= 11 is 0. The van der Waals surface area contributed by atoms with Crippen molar-refractivity contribution in [3.8, 4) is 11.1 Å². The van der Waals surface area contributed by atoms with Crippen molar-refractivity contribution in [3.05, 3.63) is 65.6 Å². The Bertz CT molecular complexity index is 1120. The Morgan fingerprint density at radius 3 is 2.66 bits per heavy atom. The van der Waals surface area contributed by atoms with E-state index in [1.165, 1.54) is 11.8 Å². The molecule has 1 N–H and O–H groups in total. The molecule has 1 amide bonds. The fourth-order valence-corrected chi connectivity index (χ4v) is 4.14. The number of hydrogen-bond acceptors (Lipinski definition) is 6. The number of pyridine rings is 1. The van der Waals surface area contributed by atoms with Crippen molar-refractivity contribution in [1.29, 1.82) is 0 Å². The van der Waals surface area contributed by atoms with Crippen molar-refractivity contribution in [2.75, 3.05) is 25.1 Å². The van der Waals surface area contributed by atoms with Gasteiger partial charge in [0, 0.05) is 30.9 Å². The van der Waals surface area contributed by atoms with Crippen LogP contribution >= 0.6 is 0 Å². The highest BCUT2D eigenvalue weighted by molar-refractivity contribution is 6.06. The fourth-order valence-electron chi connectivity index (χ4n) is 4.14. The van der Waals surface area contributed by atoms with Crippen LogP contribution in [0.2, 0.25) is 0 Å². The summed E-state index contributed by atoms with van der Waals surface area (Å²) < 4.78 is 6.37. The molecular formula is C24H27N5O3. The van der Waals surface area contributed by atoms with Gasteiger partial charge in [-0.2, -0.15) is 5.10 Å². The highest BCUT2D eigenvalue weighted by Crippen LogP contribution is 2.27. The monoisotopic (exact) mass is 433 g/mol. The van der Waals surface area contributed by atoms with E-state index in [2.05, 4.69) is 15.4 Å². The van der Waals surface area contributed by atoms with E-state index < -0.39 is 5.97 Å². The number of methoxy groups -OCH3 is 1. The van der Waals surface area contributed by atoms with Crippen molar-refractivity contribution in [1.82, 2.24) is 20.1 Å². The predicted molar refractivity (Wildman–Crippen MR) is 122 cm³/mol. The molecular weight excluding hydrogens is 406 g/mol. The van der Waals surface area contributed by atoms with Gasteiger partial charge >= 0.3 is 5.97 Å². The number of carbonyl (C=O) groups is 2. The van der Waals surface area contributed by atoms with Crippen LogP contribution in [0.1, 0.15) is 39.3 Å². The van der Waals surface area contributed by atoms with E-state index in [1.807, 2.05) is 36.1 Å². The highest BCUT2D eigenvalue weighted by atomic mass is 16.5. The molecule has 8 nitrogen and oxygen atoms in total. The van der Waals surface area contributed by atoms with E-state index in [0.717, 1.165) is 37.1 Å². The molecule has 166 valence electrons. The molecule has 4 rings (SSSR count). The van der Waals surface area contributed by atoms with Gasteiger partial charge in [0.1, 0.15) is 5.82 Å². The minimum atomic E-state index is -0.457. The number of anilines is 1. The van der Waals surface area contributed by atoms with Crippen LogP contribution < -0.4 is 10.2 Å². The van der Waals surface area contributed by atoms with Crippen LogP contribution in [0.25, 0.3) is 11.1 Å². The van der Waals surface area contributed by atoms with Gasteiger partial charge in [-0.25, -0.2) is 9.78 Å². The predicted octanol–water partition coefficient (Wildman–Crippen LogP) is 2.98. The number of benzene rings is 1. The Kier molecular flexibility index (Phi) is 6.32. The number of ether oxygens (including phenoxy) is 1. The van der Waals surface area contributed by atoms with Gasteiger partial charge in [-0.3, -0.25) is 14.4 Å². The molecule has 1 aromatic carbocycles. The molecule has 1 aliphatic heterocycles. The molecule has 0 saturated carbocycles. The van der Waals surface area contributed by atoms with E-state index in [4.69, 9.17) is 4.74 Å². The number of aromatic nitrogens is 3. The van der Waals surface area contributed by atoms with Crippen LogP contribution in [0.4, 0.5) is 5.82 Å². The maximum absolute atomic E-state index is 13.6. The zero-order valence-electron chi connectivity index (χ0n) is 18.5. The topological polar surface area (TPSA) is 89.3 Å². The maximum Gasteiger partial charge on any atom is 0.356 e. The SMILES string of the molecule is COC(=O)c1c(-c2ccc(C(=O)N(c3ncccc3C)C3CCCNC3)cc2)cnn1C. The second-order valence-electron chi connectivity index (χ2n) is 7.92. The molecule has 1 aliphatic rings. The summed E-state index contributed by atoms with van der Waals surface area (Å²) in [5, 5.41) is 7.58. The molecule has 8 heteroatoms. The molecule has 1 atom stereocenters. The Morgan fingerprint density at radius 1 is 1.22 bits per heavy atom. The summed E-state index contributed by atoms with van der Waals surface area (Å²) in [4.78, 5) is 32.1. The number of aryl methyl sites for hydroxylation is 2. The minimum Gasteiger partial charge on any atom is -0.464 e. The van der Waals surface area contributed by atoms with Crippen molar-refractivity contribution in [2.45, 2.75) is 25.8 Å². The molecule has 1 fully saturated rings. The second kappa shape index (κ2) is 9.32. The van der Waals surface area contributed by atoms with Crippen LogP contribution in [-0.4, -0.2) is 52.9 Å². The Balaban J connectivity index is 1.67. The van der Waals surface area contributed by atoms with E-state index in [0.29, 0.717) is 22.6 Å². The van der Waals surface area contributed by atoms with Gasteiger partial charge in [0.15, 0.2) is 5.69 Å². The van der Waals surface area contributed by atoms with Crippen molar-refractivity contribution < 1.29 is 14.3 Å². The Morgan fingerprint density at radius 2 is 2.00 bits per heavy atom. The summed E-state index contributed by atoms with van der Waals surface area (Å²) in [6.45, 7) is 3.67. The summed E-state index contributed by atoms with van der Waals surface area (Å²) in [6.07, 6.45) is 5.28. The van der Waals surface area contributed by atoms with Gasteiger partial charge in [-0.1, -0.05) is 18.2 Å². The quantitative estimate of drug-likeness (QED) is 0.623. The van der Waals surface area contributed by atoms with Crippen molar-refractivity contribution in [2.24, 2.45) is 7.05 Å². The van der Waals surface area contributed by atoms with Gasteiger partial charge in [0.05, 0.1) is 19.3 Å². The number of carbonyl (C=O) groups excluding carboxylic acids is 2. The molecule has 0 aliphatic carbocycles. The first-order valence-corrected chi connectivity index (χ1v) is 10.7. The third-order valence-electron chi connectivity index (χ3n) is 5.83. The summed E-state index contributed by atoms with van der Waals surface area (Å²) in [5.74, 6) is 0.142. The number of piperidine rings is 1. The van der Waals surface area contributed by atoms with Crippen LogP contribution in [0, 0.1) is 6.92 Å². The van der Waals surface area contributed by atoms with E-state index in [-0.39, 0.29) is 11.9 Å². The molecule has 1 unspecified atom stereocenters. The van der Waals surface area contributed by atoms with Crippen LogP contribution in [0.5, 0.6) is 0 Å². The van der Waals surface area contributed by atoms with Gasteiger partial charge in [-0.05, 0) is 55.6 Å². The normalized spacial score (nSPS) is 15.9. The molecule has 3 heterocycles. The molecule has 2 aromatic heterocycles. The molecule has 0 bridgehead atoms. The number of rotatable bonds is 5. The van der Waals surface area contributed by atoms with Crippen LogP contribution in [0.3, 0.4) is 0 Å². The third-order valence-corrected chi connectivity index (χ3v) is 5.83. The largest absolute Gasteiger partial charge is 0.464 e. The number of amides is 1. The Hall–Kier alpha value is -3.52. The van der Waals surface area contributed by atoms with Gasteiger partial charge in [0.2, 0.25) is 0 Å². The number of nitrogens with one attached hydrogen (secondary N) is 1. The van der Waals surface area contributed by atoms with E-state index in [9.17, 15) is 9.59 Å². The standard InChI is InChI=1S/C24H27N5O3/c1-16-6-4-13-26-22(16)29(19-7-5-12-25-14-19)23(30)18-10-8-17(9-11-18)20-15-27-28(2)21(20)24(31)32-3/h4,6,8-11,13,15,19,25H,5,7,12,14H2,1-3H3. The first kappa shape index (κ1) is 21.7. The molecule has 32 heavy (non-hydrogen) atoms. The van der Waals surface area contributed by atoms with Crippen LogP contribution in [0.15, 0.2) is 48.8 Å². The molecule has 1 saturated heterocycles. The van der Waals surface area contributed by atoms with E-state index >= 15 is 0 Å². The summed E-state index contributed by atoms with van der Waals surface area (Å²) in [7, 11) is 3.04. The van der Waals surface area contributed by atoms with Crippen LogP contribution in [-0.2, 0) is 11.8 Å². The molecule has 0 spiro atoms. The maximum atomic E-state index is 13.6. The lowest BCUT2D eigenvalue weighted by atomic mass is 10.0. The smallest absolute Gasteiger partial charge is 0.356 e. The molecule has 3 aromatic rings. The zero-order valence-corrected chi connectivity index (χ0v) is 18.5. The lowest BCUT2D eigenvalue weighted by Gasteiger charge is -2.34. The first-order valence-electron chi connectivity index (χ1n) is 10.7. The summed E-state index contributed by atoms with van der Waals surface area (Å²) in [6, 6.07) is 11.1. The minimum absolute atomic E-state index is 0.0359.